The Balaban J connectivity index is 1.52. The molecule has 180 valence electrons. The predicted molar refractivity (Wildman–Crippen MR) is 158 cm³/mol. The van der Waals surface area contributed by atoms with Crippen molar-refractivity contribution in [1.29, 1.82) is 0 Å². The van der Waals surface area contributed by atoms with E-state index in [4.69, 9.17) is 9.31 Å². The molecule has 0 N–H and O–H groups in total. The molecule has 1 saturated heterocycles. The van der Waals surface area contributed by atoms with E-state index < -0.39 is 7.12 Å². The average molecular weight is 480 g/mol. The molecule has 3 heteroatoms. The van der Waals surface area contributed by atoms with Gasteiger partial charge in [0.25, 0.3) is 0 Å². The molecule has 6 aromatic rings. The average Bonchev–Trinajstić information content (AvgIpc) is 3.13. The highest BCUT2D eigenvalue weighted by Gasteiger charge is 2.52. The Morgan fingerprint density at radius 3 is 1.70 bits per heavy atom. The summed E-state index contributed by atoms with van der Waals surface area (Å²) in [6.07, 6.45) is 0. The lowest BCUT2D eigenvalue weighted by Gasteiger charge is -2.32. The van der Waals surface area contributed by atoms with Gasteiger partial charge in [0.1, 0.15) is 0 Å². The van der Waals surface area contributed by atoms with E-state index in [9.17, 15) is 0 Å². The van der Waals surface area contributed by atoms with Crippen LogP contribution in [0.15, 0.2) is 103 Å². The van der Waals surface area contributed by atoms with Gasteiger partial charge in [-0.05, 0) is 93.4 Å². The number of hydrogen-bond donors (Lipinski definition) is 0. The Bertz CT molecular complexity index is 1830. The van der Waals surface area contributed by atoms with Crippen LogP contribution in [-0.4, -0.2) is 18.3 Å². The van der Waals surface area contributed by atoms with Gasteiger partial charge in [-0.1, -0.05) is 97.1 Å². The lowest BCUT2D eigenvalue weighted by molar-refractivity contribution is 0.00578. The maximum Gasteiger partial charge on any atom is 0.495 e. The molecule has 7 rings (SSSR count). The highest BCUT2D eigenvalue weighted by Crippen LogP contribution is 2.41. The lowest BCUT2D eigenvalue weighted by Crippen LogP contribution is -2.41. The van der Waals surface area contributed by atoms with Crippen LogP contribution in [0.4, 0.5) is 0 Å². The third-order valence-electron chi connectivity index (χ3n) is 8.52. The van der Waals surface area contributed by atoms with E-state index in [0.29, 0.717) is 0 Å². The molecule has 0 unspecified atom stereocenters. The van der Waals surface area contributed by atoms with Crippen molar-refractivity contribution in [2.45, 2.75) is 38.9 Å². The molecule has 0 spiro atoms. The van der Waals surface area contributed by atoms with E-state index in [2.05, 4.69) is 131 Å². The highest BCUT2D eigenvalue weighted by atomic mass is 16.7. The smallest absolute Gasteiger partial charge is 0.399 e. The monoisotopic (exact) mass is 480 g/mol. The fourth-order valence-electron chi connectivity index (χ4n) is 5.82. The summed E-state index contributed by atoms with van der Waals surface area (Å²) in [5.74, 6) is 0. The standard InChI is InChI=1S/C34H29BO2/c1-33(2)34(3,4)37-35(36-33)32-20-19-28(25-14-9-10-16-29(25)32)31-21-30-23-12-6-5-11-22(23)17-18-27(30)24-13-7-8-15-26(24)31/h5-21H,1-4H3. The maximum absolute atomic E-state index is 6.46. The van der Waals surface area contributed by atoms with Crippen LogP contribution in [0.5, 0.6) is 0 Å². The first-order valence-electron chi connectivity index (χ1n) is 13.0. The van der Waals surface area contributed by atoms with Crippen LogP contribution < -0.4 is 5.46 Å². The summed E-state index contributed by atoms with van der Waals surface area (Å²) in [5, 5.41) is 10.0. The predicted octanol–water partition coefficient (Wildman–Crippen LogP) is 8.27. The van der Waals surface area contributed by atoms with Crippen LogP contribution in [0.25, 0.3) is 54.2 Å². The Kier molecular flexibility index (Phi) is 4.82. The zero-order valence-electron chi connectivity index (χ0n) is 21.7. The van der Waals surface area contributed by atoms with Gasteiger partial charge in [0.15, 0.2) is 0 Å². The molecule has 2 nitrogen and oxygen atoms in total. The lowest BCUT2D eigenvalue weighted by atomic mass is 9.74. The molecule has 0 radical (unpaired) electrons. The molecule has 1 aliphatic heterocycles. The fraction of sp³-hybridized carbons (Fsp3) is 0.176. The minimum atomic E-state index is -0.402. The summed E-state index contributed by atoms with van der Waals surface area (Å²) in [7, 11) is -0.402. The molecule has 1 heterocycles. The number of hydrogen-bond acceptors (Lipinski definition) is 2. The number of fused-ring (bicyclic) bond motifs is 6. The van der Waals surface area contributed by atoms with Crippen LogP contribution in [0.3, 0.4) is 0 Å². The second-order valence-electron chi connectivity index (χ2n) is 11.2. The molecular formula is C34H29BO2. The first-order valence-corrected chi connectivity index (χ1v) is 13.0. The van der Waals surface area contributed by atoms with Gasteiger partial charge in [-0.15, -0.1) is 0 Å². The SMILES string of the molecule is CC1(C)OB(c2ccc(-c3cc4c5ccccc5ccc4c4ccccc34)c3ccccc23)OC1(C)C. The summed E-state index contributed by atoms with van der Waals surface area (Å²) in [6, 6.07) is 37.4. The first kappa shape index (κ1) is 22.5. The van der Waals surface area contributed by atoms with E-state index in [1.165, 1.54) is 54.2 Å². The topological polar surface area (TPSA) is 18.5 Å². The molecule has 0 atom stereocenters. The van der Waals surface area contributed by atoms with Gasteiger partial charge in [0.2, 0.25) is 0 Å². The van der Waals surface area contributed by atoms with Crippen molar-refractivity contribution >= 4 is 55.7 Å². The summed E-state index contributed by atoms with van der Waals surface area (Å²) in [6.45, 7) is 8.42. The molecule has 0 amide bonds. The number of benzene rings is 6. The van der Waals surface area contributed by atoms with Gasteiger partial charge in [0, 0.05) is 0 Å². The number of rotatable bonds is 2. The molecule has 0 aromatic heterocycles. The molecule has 0 aliphatic carbocycles. The van der Waals surface area contributed by atoms with Gasteiger partial charge in [0.05, 0.1) is 11.2 Å². The van der Waals surface area contributed by atoms with Crippen molar-refractivity contribution in [2.24, 2.45) is 0 Å². The molecule has 6 aromatic carbocycles. The van der Waals surface area contributed by atoms with Gasteiger partial charge >= 0.3 is 7.12 Å². The minimum absolute atomic E-state index is 0.382. The van der Waals surface area contributed by atoms with Crippen LogP contribution >= 0.6 is 0 Å². The largest absolute Gasteiger partial charge is 0.495 e. The van der Waals surface area contributed by atoms with Crippen molar-refractivity contribution in [3.05, 3.63) is 103 Å². The van der Waals surface area contributed by atoms with Crippen molar-refractivity contribution in [3.8, 4) is 11.1 Å². The molecular weight excluding hydrogens is 451 g/mol. The second-order valence-corrected chi connectivity index (χ2v) is 11.2. The summed E-state index contributed by atoms with van der Waals surface area (Å²) in [4.78, 5) is 0. The van der Waals surface area contributed by atoms with Crippen molar-refractivity contribution < 1.29 is 9.31 Å². The molecule has 1 aliphatic rings. The molecule has 0 saturated carbocycles. The Morgan fingerprint density at radius 1 is 0.459 bits per heavy atom. The Morgan fingerprint density at radius 2 is 1.00 bits per heavy atom. The van der Waals surface area contributed by atoms with Gasteiger partial charge in [-0.3, -0.25) is 0 Å². The summed E-state index contributed by atoms with van der Waals surface area (Å²) < 4.78 is 12.9. The summed E-state index contributed by atoms with van der Waals surface area (Å²) in [5.41, 5.74) is 2.78. The third kappa shape index (κ3) is 3.35. The third-order valence-corrected chi connectivity index (χ3v) is 8.52. The zero-order valence-corrected chi connectivity index (χ0v) is 21.7. The van der Waals surface area contributed by atoms with Crippen molar-refractivity contribution in [1.82, 2.24) is 0 Å². The Hall–Kier alpha value is -3.66. The molecule has 0 bridgehead atoms. The highest BCUT2D eigenvalue weighted by molar-refractivity contribution is 6.65. The van der Waals surface area contributed by atoms with E-state index in [0.717, 1.165) is 5.46 Å². The molecule has 1 fully saturated rings. The van der Waals surface area contributed by atoms with Crippen molar-refractivity contribution in [2.75, 3.05) is 0 Å². The first-order chi connectivity index (χ1) is 17.8. The van der Waals surface area contributed by atoms with Gasteiger partial charge in [-0.2, -0.15) is 0 Å². The van der Waals surface area contributed by atoms with Crippen LogP contribution in [-0.2, 0) is 9.31 Å². The van der Waals surface area contributed by atoms with Crippen LogP contribution in [0.2, 0.25) is 0 Å². The minimum Gasteiger partial charge on any atom is -0.399 e. The fourth-order valence-corrected chi connectivity index (χ4v) is 5.82. The van der Waals surface area contributed by atoms with Gasteiger partial charge in [-0.25, -0.2) is 0 Å². The van der Waals surface area contributed by atoms with E-state index in [-0.39, 0.29) is 11.2 Å². The molecule has 37 heavy (non-hydrogen) atoms. The second kappa shape index (κ2) is 7.92. The van der Waals surface area contributed by atoms with E-state index >= 15 is 0 Å². The van der Waals surface area contributed by atoms with Crippen LogP contribution in [0, 0.1) is 0 Å². The quantitative estimate of drug-likeness (QED) is 0.183. The normalized spacial score (nSPS) is 16.8. The maximum atomic E-state index is 6.46. The van der Waals surface area contributed by atoms with Crippen molar-refractivity contribution in [3.63, 3.8) is 0 Å². The zero-order chi connectivity index (χ0) is 25.4. The Labute approximate surface area is 218 Å². The van der Waals surface area contributed by atoms with E-state index in [1.54, 1.807) is 0 Å². The summed E-state index contributed by atoms with van der Waals surface area (Å²) >= 11 is 0. The van der Waals surface area contributed by atoms with E-state index in [1.807, 2.05) is 0 Å². The van der Waals surface area contributed by atoms with Gasteiger partial charge < -0.3 is 9.31 Å². The van der Waals surface area contributed by atoms with Crippen LogP contribution in [0.1, 0.15) is 27.7 Å².